The van der Waals surface area contributed by atoms with Crippen LogP contribution in [0.3, 0.4) is 0 Å². The van der Waals surface area contributed by atoms with Crippen LogP contribution in [0.15, 0.2) is 72.8 Å². The van der Waals surface area contributed by atoms with Gasteiger partial charge in [0.25, 0.3) is 0 Å². The van der Waals surface area contributed by atoms with Gasteiger partial charge in [-0.1, -0.05) is 61.8 Å². The fourth-order valence-corrected chi connectivity index (χ4v) is 2.96. The number of halogens is 1. The lowest BCUT2D eigenvalue weighted by Gasteiger charge is -2.26. The number of benzene rings is 3. The zero-order chi connectivity index (χ0) is 19.4. The first kappa shape index (κ1) is 18.8. The highest BCUT2D eigenvalue weighted by atomic mass is 35.5. The summed E-state index contributed by atoms with van der Waals surface area (Å²) in [5.74, 6) is 0.549. The molecule has 0 saturated carbocycles. The minimum absolute atomic E-state index is 0.242. The van der Waals surface area contributed by atoms with Gasteiger partial charge in [-0.05, 0) is 47.5 Å². The number of phenols is 1. The van der Waals surface area contributed by atoms with Crippen molar-refractivity contribution in [3.63, 3.8) is 0 Å². The minimum Gasteiger partial charge on any atom is -0.508 e. The van der Waals surface area contributed by atoms with E-state index in [-0.39, 0.29) is 11.2 Å². The van der Waals surface area contributed by atoms with Gasteiger partial charge in [-0.25, -0.2) is 4.79 Å². The van der Waals surface area contributed by atoms with Crippen molar-refractivity contribution in [3.05, 3.63) is 88.9 Å². The van der Waals surface area contributed by atoms with Crippen molar-refractivity contribution in [3.8, 4) is 11.5 Å². The number of hydrogen-bond donors (Lipinski definition) is 2. The first-order valence-corrected chi connectivity index (χ1v) is 8.87. The molecule has 0 saturated heterocycles. The molecule has 3 aromatic carbocycles. The van der Waals surface area contributed by atoms with Crippen LogP contribution in [0.4, 0.5) is 10.5 Å². The Morgan fingerprint density at radius 2 is 1.48 bits per heavy atom. The third-order valence-electron chi connectivity index (χ3n) is 4.48. The van der Waals surface area contributed by atoms with Crippen molar-refractivity contribution < 1.29 is 14.6 Å². The number of aromatic hydroxyl groups is 1. The second kappa shape index (κ2) is 7.72. The number of hydrogen-bond acceptors (Lipinski definition) is 3. The Morgan fingerprint density at radius 1 is 0.926 bits per heavy atom. The van der Waals surface area contributed by atoms with Gasteiger partial charge in [0.15, 0.2) is 5.75 Å². The first-order chi connectivity index (χ1) is 12.9. The molecule has 0 heterocycles. The van der Waals surface area contributed by atoms with E-state index < -0.39 is 6.09 Å². The molecule has 0 aliphatic carbocycles. The topological polar surface area (TPSA) is 58.6 Å². The molecule has 138 valence electrons. The standard InChI is InChI=1S/C22H20ClNO3/c1-22(2,16-9-13-18(25)14-10-16)15-7-11-17(12-8-15)24-21(26)27-20-6-4-3-5-19(20)23/h3-14,25H,1-2H3,(H,24,26). The summed E-state index contributed by atoms with van der Waals surface area (Å²) < 4.78 is 5.22. The number of anilines is 1. The molecule has 0 bridgehead atoms. The van der Waals surface area contributed by atoms with Crippen molar-refractivity contribution >= 4 is 23.4 Å². The molecule has 0 aliphatic heterocycles. The van der Waals surface area contributed by atoms with Crippen molar-refractivity contribution in [2.24, 2.45) is 0 Å². The molecule has 0 aliphatic rings. The van der Waals surface area contributed by atoms with E-state index in [1.165, 1.54) is 0 Å². The molecular formula is C22H20ClNO3. The molecule has 0 spiro atoms. The van der Waals surface area contributed by atoms with Crippen LogP contribution < -0.4 is 10.1 Å². The molecule has 0 unspecified atom stereocenters. The predicted molar refractivity (Wildman–Crippen MR) is 108 cm³/mol. The van der Waals surface area contributed by atoms with Gasteiger partial charge in [0.1, 0.15) is 5.75 Å². The lowest BCUT2D eigenvalue weighted by Crippen LogP contribution is -2.19. The monoisotopic (exact) mass is 381 g/mol. The SMILES string of the molecule is CC(C)(c1ccc(O)cc1)c1ccc(NC(=O)Oc2ccccc2Cl)cc1. The van der Waals surface area contributed by atoms with Crippen LogP contribution in [0, 0.1) is 0 Å². The molecule has 0 fully saturated rings. The number of nitrogens with one attached hydrogen (secondary N) is 1. The second-order valence-corrected chi connectivity index (χ2v) is 7.10. The molecule has 0 atom stereocenters. The first-order valence-electron chi connectivity index (χ1n) is 8.50. The normalized spacial score (nSPS) is 11.1. The van der Waals surface area contributed by atoms with Crippen molar-refractivity contribution in [1.29, 1.82) is 0 Å². The number of phenolic OH excluding ortho intramolecular Hbond substituents is 1. The van der Waals surface area contributed by atoms with Crippen molar-refractivity contribution in [1.82, 2.24) is 0 Å². The molecule has 3 aromatic rings. The Bertz CT molecular complexity index is 935. The molecule has 4 nitrogen and oxygen atoms in total. The summed E-state index contributed by atoms with van der Waals surface area (Å²) in [6.45, 7) is 4.21. The third-order valence-corrected chi connectivity index (χ3v) is 4.79. The van der Waals surface area contributed by atoms with Crippen molar-refractivity contribution in [2.75, 3.05) is 5.32 Å². The van der Waals surface area contributed by atoms with E-state index in [1.54, 1.807) is 36.4 Å². The summed E-state index contributed by atoms with van der Waals surface area (Å²) >= 11 is 5.99. The smallest absolute Gasteiger partial charge is 0.417 e. The molecular weight excluding hydrogens is 362 g/mol. The zero-order valence-electron chi connectivity index (χ0n) is 15.1. The fourth-order valence-electron chi connectivity index (χ4n) is 2.79. The summed E-state index contributed by atoms with van der Waals surface area (Å²) in [6, 6.07) is 21.5. The van der Waals surface area contributed by atoms with Crippen LogP contribution in [0.2, 0.25) is 5.02 Å². The summed E-state index contributed by atoms with van der Waals surface area (Å²) in [4.78, 5) is 12.1. The van der Waals surface area contributed by atoms with E-state index in [4.69, 9.17) is 16.3 Å². The number of amides is 1. The number of carbonyl (C=O) groups excluding carboxylic acids is 1. The molecule has 0 aromatic heterocycles. The van der Waals surface area contributed by atoms with E-state index in [2.05, 4.69) is 19.2 Å². The Balaban J connectivity index is 1.70. The lowest BCUT2D eigenvalue weighted by atomic mass is 9.78. The summed E-state index contributed by atoms with van der Waals surface area (Å²) in [5, 5.41) is 12.5. The van der Waals surface area contributed by atoms with Gasteiger partial charge in [0.05, 0.1) is 5.02 Å². The predicted octanol–water partition coefficient (Wildman–Crippen LogP) is 5.98. The number of rotatable bonds is 4. The highest BCUT2D eigenvalue weighted by Crippen LogP contribution is 2.33. The Morgan fingerprint density at radius 3 is 2.07 bits per heavy atom. The van der Waals surface area contributed by atoms with Crippen LogP contribution in [0.25, 0.3) is 0 Å². The fraction of sp³-hybridized carbons (Fsp3) is 0.136. The van der Waals surface area contributed by atoms with Crippen LogP contribution in [-0.2, 0) is 5.41 Å². The van der Waals surface area contributed by atoms with Crippen molar-refractivity contribution in [2.45, 2.75) is 19.3 Å². The quantitative estimate of drug-likeness (QED) is 0.584. The maximum Gasteiger partial charge on any atom is 0.417 e. The summed E-state index contributed by atoms with van der Waals surface area (Å²) in [5.41, 5.74) is 2.54. The van der Waals surface area contributed by atoms with Crippen LogP contribution >= 0.6 is 11.6 Å². The maximum absolute atomic E-state index is 12.1. The largest absolute Gasteiger partial charge is 0.508 e. The molecule has 5 heteroatoms. The zero-order valence-corrected chi connectivity index (χ0v) is 15.8. The average molecular weight is 382 g/mol. The summed E-state index contributed by atoms with van der Waals surface area (Å²) in [7, 11) is 0. The van der Waals surface area contributed by atoms with Gasteiger partial charge < -0.3 is 9.84 Å². The van der Waals surface area contributed by atoms with Gasteiger partial charge in [-0.15, -0.1) is 0 Å². The number of para-hydroxylation sites is 1. The Hall–Kier alpha value is -2.98. The number of ether oxygens (including phenoxy) is 1. The van der Waals surface area contributed by atoms with Gasteiger partial charge in [0, 0.05) is 11.1 Å². The van der Waals surface area contributed by atoms with Crippen LogP contribution in [0.1, 0.15) is 25.0 Å². The van der Waals surface area contributed by atoms with Crippen LogP contribution in [0.5, 0.6) is 11.5 Å². The molecule has 2 N–H and O–H groups in total. The minimum atomic E-state index is -0.603. The maximum atomic E-state index is 12.1. The molecule has 0 radical (unpaired) electrons. The van der Waals surface area contributed by atoms with Gasteiger partial charge in [-0.3, -0.25) is 5.32 Å². The highest BCUT2D eigenvalue weighted by Gasteiger charge is 2.23. The van der Waals surface area contributed by atoms with Crippen LogP contribution in [-0.4, -0.2) is 11.2 Å². The van der Waals surface area contributed by atoms with E-state index in [1.807, 2.05) is 36.4 Å². The van der Waals surface area contributed by atoms with E-state index >= 15 is 0 Å². The Kier molecular flexibility index (Phi) is 5.38. The third kappa shape index (κ3) is 4.41. The van der Waals surface area contributed by atoms with E-state index in [0.717, 1.165) is 11.1 Å². The molecule has 27 heavy (non-hydrogen) atoms. The van der Waals surface area contributed by atoms with Gasteiger partial charge in [-0.2, -0.15) is 0 Å². The number of carbonyl (C=O) groups is 1. The summed E-state index contributed by atoms with van der Waals surface area (Å²) in [6.07, 6.45) is -0.603. The van der Waals surface area contributed by atoms with E-state index in [9.17, 15) is 9.90 Å². The van der Waals surface area contributed by atoms with E-state index in [0.29, 0.717) is 16.5 Å². The lowest BCUT2D eigenvalue weighted by molar-refractivity contribution is 0.215. The Labute approximate surface area is 163 Å². The molecule has 3 rings (SSSR count). The second-order valence-electron chi connectivity index (χ2n) is 6.69. The average Bonchev–Trinajstić information content (AvgIpc) is 2.64. The van der Waals surface area contributed by atoms with Gasteiger partial charge >= 0.3 is 6.09 Å². The van der Waals surface area contributed by atoms with Gasteiger partial charge in [0.2, 0.25) is 0 Å². The molecule has 1 amide bonds. The highest BCUT2D eigenvalue weighted by molar-refractivity contribution is 6.32.